The Balaban J connectivity index is 3.01. The normalized spacial score (nSPS) is 12.5. The number of pyridine rings is 1. The van der Waals surface area contributed by atoms with Crippen molar-refractivity contribution in [1.29, 1.82) is 0 Å². The topological polar surface area (TPSA) is 56.3 Å². The van der Waals surface area contributed by atoms with Crippen molar-refractivity contribution in [2.24, 2.45) is 0 Å². The molecular weight excluding hydrogens is 247 g/mol. The highest BCUT2D eigenvalue weighted by Crippen LogP contribution is 2.28. The molecule has 0 spiro atoms. The standard InChI is InChI=1S/C8H8F3NO3S/c1-2-16(13,14)15-7-5-3-4-6(12-7)8(9,10)11/h3-5H,2H2,1H3. The van der Waals surface area contributed by atoms with Gasteiger partial charge in [0.05, 0.1) is 5.75 Å². The Morgan fingerprint density at radius 3 is 2.50 bits per heavy atom. The summed E-state index contributed by atoms with van der Waals surface area (Å²) in [4.78, 5) is 3.05. The van der Waals surface area contributed by atoms with E-state index >= 15 is 0 Å². The lowest BCUT2D eigenvalue weighted by atomic mass is 10.3. The van der Waals surface area contributed by atoms with E-state index in [1.807, 2.05) is 0 Å². The van der Waals surface area contributed by atoms with Gasteiger partial charge in [0.25, 0.3) is 0 Å². The molecule has 0 amide bonds. The molecule has 1 heterocycles. The van der Waals surface area contributed by atoms with Gasteiger partial charge in [-0.1, -0.05) is 6.07 Å². The second-order valence-electron chi connectivity index (χ2n) is 2.79. The number of hydrogen-bond acceptors (Lipinski definition) is 4. The molecule has 0 N–H and O–H groups in total. The molecular formula is C8H8F3NO3S. The van der Waals surface area contributed by atoms with Gasteiger partial charge in [-0.15, -0.1) is 0 Å². The summed E-state index contributed by atoms with van der Waals surface area (Å²) in [6.07, 6.45) is -4.63. The maximum Gasteiger partial charge on any atom is 0.433 e. The average Bonchev–Trinajstić information content (AvgIpc) is 2.16. The van der Waals surface area contributed by atoms with Crippen molar-refractivity contribution in [2.45, 2.75) is 13.1 Å². The third-order valence-electron chi connectivity index (χ3n) is 1.58. The van der Waals surface area contributed by atoms with Crippen molar-refractivity contribution in [1.82, 2.24) is 4.98 Å². The molecule has 0 aromatic carbocycles. The number of nitrogens with zero attached hydrogens (tertiary/aromatic N) is 1. The van der Waals surface area contributed by atoms with Crippen LogP contribution in [0.15, 0.2) is 18.2 Å². The van der Waals surface area contributed by atoms with Gasteiger partial charge < -0.3 is 4.18 Å². The van der Waals surface area contributed by atoms with Gasteiger partial charge in [0, 0.05) is 6.07 Å². The van der Waals surface area contributed by atoms with Gasteiger partial charge in [-0.2, -0.15) is 21.6 Å². The monoisotopic (exact) mass is 255 g/mol. The Morgan fingerprint density at radius 2 is 2.00 bits per heavy atom. The molecule has 1 aromatic rings. The number of hydrogen-bond donors (Lipinski definition) is 0. The van der Waals surface area contributed by atoms with Crippen molar-refractivity contribution in [2.75, 3.05) is 5.75 Å². The Labute approximate surface area is 90.2 Å². The minimum atomic E-state index is -4.63. The third kappa shape index (κ3) is 3.37. The molecule has 0 atom stereocenters. The summed E-state index contributed by atoms with van der Waals surface area (Å²) in [5.74, 6) is -0.929. The second-order valence-corrected chi connectivity index (χ2v) is 4.65. The lowest BCUT2D eigenvalue weighted by molar-refractivity contribution is -0.141. The molecule has 0 aliphatic heterocycles. The third-order valence-corrected chi connectivity index (χ3v) is 2.71. The number of rotatable bonds is 3. The van der Waals surface area contributed by atoms with Gasteiger partial charge in [0.15, 0.2) is 0 Å². The van der Waals surface area contributed by atoms with Gasteiger partial charge in [-0.05, 0) is 13.0 Å². The van der Waals surface area contributed by atoms with E-state index < -0.39 is 27.9 Å². The minimum absolute atomic E-state index is 0.342. The van der Waals surface area contributed by atoms with Gasteiger partial charge >= 0.3 is 16.3 Å². The highest BCUT2D eigenvalue weighted by atomic mass is 32.2. The van der Waals surface area contributed by atoms with Crippen LogP contribution in [0.1, 0.15) is 12.6 Å². The van der Waals surface area contributed by atoms with Crippen molar-refractivity contribution in [3.8, 4) is 5.88 Å². The van der Waals surface area contributed by atoms with Crippen molar-refractivity contribution >= 4 is 10.1 Å². The molecule has 0 radical (unpaired) electrons. The fourth-order valence-corrected chi connectivity index (χ4v) is 1.28. The zero-order valence-corrected chi connectivity index (χ0v) is 8.97. The molecule has 0 fully saturated rings. The Kier molecular flexibility index (Phi) is 3.41. The van der Waals surface area contributed by atoms with Crippen LogP contribution in [0.25, 0.3) is 0 Å². The first-order valence-corrected chi connectivity index (χ1v) is 5.79. The molecule has 0 saturated carbocycles. The van der Waals surface area contributed by atoms with E-state index in [0.717, 1.165) is 18.2 Å². The van der Waals surface area contributed by atoms with Crippen LogP contribution in [0, 0.1) is 0 Å². The Bertz CT molecular complexity index is 470. The summed E-state index contributed by atoms with van der Waals surface area (Å²) in [6.45, 7) is 1.31. The molecule has 0 saturated heterocycles. The van der Waals surface area contributed by atoms with Crippen molar-refractivity contribution in [3.63, 3.8) is 0 Å². The summed E-state index contributed by atoms with van der Waals surface area (Å²) < 4.78 is 63.0. The van der Waals surface area contributed by atoms with E-state index in [9.17, 15) is 21.6 Å². The number of alkyl halides is 3. The second kappa shape index (κ2) is 4.28. The van der Waals surface area contributed by atoms with E-state index in [0.29, 0.717) is 0 Å². The first kappa shape index (κ1) is 12.8. The molecule has 90 valence electrons. The van der Waals surface area contributed by atoms with E-state index in [1.165, 1.54) is 6.92 Å². The highest BCUT2D eigenvalue weighted by Gasteiger charge is 2.32. The zero-order chi connectivity index (χ0) is 12.4. The maximum atomic E-state index is 12.2. The largest absolute Gasteiger partial charge is 0.433 e. The predicted molar refractivity (Wildman–Crippen MR) is 49.3 cm³/mol. The molecule has 1 aromatic heterocycles. The molecule has 16 heavy (non-hydrogen) atoms. The van der Waals surface area contributed by atoms with Crippen molar-refractivity contribution < 1.29 is 25.8 Å². The summed E-state index contributed by atoms with van der Waals surface area (Å²) >= 11 is 0. The molecule has 8 heteroatoms. The van der Waals surface area contributed by atoms with Crippen LogP contribution in [0.2, 0.25) is 0 Å². The highest BCUT2D eigenvalue weighted by molar-refractivity contribution is 7.87. The van der Waals surface area contributed by atoms with E-state index in [1.54, 1.807) is 0 Å². The quantitative estimate of drug-likeness (QED) is 0.773. The zero-order valence-electron chi connectivity index (χ0n) is 8.15. The van der Waals surface area contributed by atoms with Gasteiger partial charge in [0.2, 0.25) is 5.88 Å². The maximum absolute atomic E-state index is 12.2. The van der Waals surface area contributed by atoms with Crippen LogP contribution >= 0.6 is 0 Å². The van der Waals surface area contributed by atoms with Gasteiger partial charge in [-0.25, -0.2) is 4.98 Å². The van der Waals surface area contributed by atoms with Gasteiger partial charge in [-0.3, -0.25) is 0 Å². The first-order valence-electron chi connectivity index (χ1n) is 4.21. The molecule has 0 aliphatic carbocycles. The first-order chi connectivity index (χ1) is 7.24. The molecule has 1 rings (SSSR count). The fraction of sp³-hybridized carbons (Fsp3) is 0.375. The SMILES string of the molecule is CCS(=O)(=O)Oc1cccc(C(F)(F)F)n1. The Morgan fingerprint density at radius 1 is 1.38 bits per heavy atom. The average molecular weight is 255 g/mol. The van der Waals surface area contributed by atoms with Gasteiger partial charge in [0.1, 0.15) is 5.69 Å². The lowest BCUT2D eigenvalue weighted by Crippen LogP contribution is -2.14. The molecule has 4 nitrogen and oxygen atoms in total. The summed E-state index contributed by atoms with van der Waals surface area (Å²) in [5.41, 5.74) is -1.20. The van der Waals surface area contributed by atoms with E-state index in [4.69, 9.17) is 0 Å². The minimum Gasteiger partial charge on any atom is -0.362 e. The fourth-order valence-electron chi connectivity index (χ4n) is 0.808. The van der Waals surface area contributed by atoms with Crippen molar-refractivity contribution in [3.05, 3.63) is 23.9 Å². The smallest absolute Gasteiger partial charge is 0.362 e. The Hall–Kier alpha value is -1.31. The van der Waals surface area contributed by atoms with Crippen LogP contribution in [0.4, 0.5) is 13.2 Å². The number of aromatic nitrogens is 1. The predicted octanol–water partition coefficient (Wildman–Crippen LogP) is 1.83. The molecule has 0 unspecified atom stereocenters. The van der Waals surface area contributed by atoms with Crippen LogP contribution in [0.5, 0.6) is 5.88 Å². The molecule has 0 bridgehead atoms. The van der Waals surface area contributed by atoms with Crippen LogP contribution in [-0.2, 0) is 16.3 Å². The van der Waals surface area contributed by atoms with Crippen LogP contribution in [-0.4, -0.2) is 19.2 Å². The van der Waals surface area contributed by atoms with E-state index in [-0.39, 0.29) is 5.75 Å². The summed E-state index contributed by atoms with van der Waals surface area (Å²) in [5, 5.41) is 0. The van der Waals surface area contributed by atoms with Crippen LogP contribution < -0.4 is 4.18 Å². The van der Waals surface area contributed by atoms with E-state index in [2.05, 4.69) is 9.17 Å². The van der Waals surface area contributed by atoms with Crippen LogP contribution in [0.3, 0.4) is 0 Å². The summed E-state index contributed by atoms with van der Waals surface area (Å²) in [7, 11) is -3.86. The summed E-state index contributed by atoms with van der Waals surface area (Å²) in [6, 6.07) is 2.80. The number of halogens is 3. The molecule has 0 aliphatic rings. The lowest BCUT2D eigenvalue weighted by Gasteiger charge is -2.07.